The van der Waals surface area contributed by atoms with E-state index in [0.29, 0.717) is 23.2 Å². The van der Waals surface area contributed by atoms with Crippen molar-refractivity contribution in [1.82, 2.24) is 9.88 Å². The first-order chi connectivity index (χ1) is 15.6. The predicted molar refractivity (Wildman–Crippen MR) is 123 cm³/mol. The van der Waals surface area contributed by atoms with Gasteiger partial charge >= 0.3 is 6.18 Å². The van der Waals surface area contributed by atoms with E-state index in [9.17, 15) is 13.2 Å². The van der Waals surface area contributed by atoms with Crippen molar-refractivity contribution >= 4 is 17.2 Å². The van der Waals surface area contributed by atoms with Gasteiger partial charge in [-0.05, 0) is 55.6 Å². The van der Waals surface area contributed by atoms with Gasteiger partial charge < -0.3 is 16.2 Å². The Morgan fingerprint density at radius 3 is 2.61 bits per heavy atom. The third-order valence-electron chi connectivity index (χ3n) is 7.56. The van der Waals surface area contributed by atoms with E-state index in [1.54, 1.807) is 13.2 Å². The number of halogens is 3. The summed E-state index contributed by atoms with van der Waals surface area (Å²) in [6.07, 6.45) is 1.73. The summed E-state index contributed by atoms with van der Waals surface area (Å²) in [6.45, 7) is 8.12. The van der Waals surface area contributed by atoms with Gasteiger partial charge in [-0.25, -0.2) is 4.98 Å². The number of allylic oxidation sites excluding steroid dienone is 1. The van der Waals surface area contributed by atoms with E-state index in [1.807, 2.05) is 0 Å². The number of alkyl halides is 3. The number of rotatable bonds is 8. The Labute approximate surface area is 193 Å². The maximum absolute atomic E-state index is 13.3. The quantitative estimate of drug-likeness (QED) is 0.570. The highest BCUT2D eigenvalue weighted by Crippen LogP contribution is 2.66. The van der Waals surface area contributed by atoms with Crippen LogP contribution in [0.1, 0.15) is 44.2 Å². The number of aliphatic imine (C=N–C) groups is 1. The highest BCUT2D eigenvalue weighted by atomic mass is 19.4. The molecule has 1 aliphatic heterocycles. The Bertz CT molecular complexity index is 925. The van der Waals surface area contributed by atoms with Gasteiger partial charge in [0.1, 0.15) is 5.82 Å². The zero-order valence-corrected chi connectivity index (χ0v) is 19.5. The van der Waals surface area contributed by atoms with Gasteiger partial charge in [-0.3, -0.25) is 9.89 Å². The van der Waals surface area contributed by atoms with Gasteiger partial charge in [-0.1, -0.05) is 6.92 Å². The van der Waals surface area contributed by atoms with Crippen molar-refractivity contribution in [3.05, 3.63) is 29.5 Å². The number of hydrogen-bond donors (Lipinski definition) is 2. The number of pyridine rings is 1. The second-order valence-corrected chi connectivity index (χ2v) is 10.0. The number of fused-ring (bicyclic) bond motifs is 1. The average molecular weight is 466 g/mol. The molecule has 2 saturated carbocycles. The number of anilines is 1. The standard InChI is InChI=1S/C24H34F3N5O/c1-4-14(2)31-20(8-19(28)15-7-18(24(25,26)27)22(29)30-11-15)21-16-9-23(10-17(16)21)12-32(13-23)5-6-33-3/h7-8,11,14,16-17,21H,4-6,9-10,12-13,28H2,1-3H3,(H2,29,30). The third-order valence-corrected chi connectivity index (χ3v) is 7.56. The molecule has 1 saturated heterocycles. The molecular formula is C24H34F3N5O. The van der Waals surface area contributed by atoms with Crippen LogP contribution in [-0.2, 0) is 10.9 Å². The average Bonchev–Trinajstić information content (AvgIpc) is 3.24. The van der Waals surface area contributed by atoms with Gasteiger partial charge in [0, 0.05) is 61.9 Å². The lowest BCUT2D eigenvalue weighted by Gasteiger charge is -2.49. The van der Waals surface area contributed by atoms with Gasteiger partial charge in [-0.2, -0.15) is 13.2 Å². The third kappa shape index (κ3) is 4.89. The summed E-state index contributed by atoms with van der Waals surface area (Å²) >= 11 is 0. The Hall–Kier alpha value is -2.13. The van der Waals surface area contributed by atoms with Crippen LogP contribution in [0, 0.1) is 23.2 Å². The van der Waals surface area contributed by atoms with Crippen LogP contribution in [-0.4, -0.2) is 55.0 Å². The van der Waals surface area contributed by atoms with Crippen molar-refractivity contribution < 1.29 is 17.9 Å². The first kappa shape index (κ1) is 24.0. The van der Waals surface area contributed by atoms with Crippen molar-refractivity contribution in [3.63, 3.8) is 0 Å². The molecule has 3 unspecified atom stereocenters. The Morgan fingerprint density at radius 2 is 2.03 bits per heavy atom. The second-order valence-electron chi connectivity index (χ2n) is 10.0. The van der Waals surface area contributed by atoms with Crippen molar-refractivity contribution in [2.75, 3.05) is 39.1 Å². The molecule has 2 aliphatic carbocycles. The number of nitrogens with zero attached hydrogens (tertiary/aromatic N) is 3. The van der Waals surface area contributed by atoms with E-state index in [2.05, 4.69) is 23.7 Å². The smallest absolute Gasteiger partial charge is 0.398 e. The van der Waals surface area contributed by atoms with Gasteiger partial charge in [-0.15, -0.1) is 0 Å². The van der Waals surface area contributed by atoms with E-state index < -0.39 is 17.6 Å². The molecule has 2 heterocycles. The Kier molecular flexibility index (Phi) is 6.48. The van der Waals surface area contributed by atoms with Crippen LogP contribution >= 0.6 is 0 Å². The summed E-state index contributed by atoms with van der Waals surface area (Å²) in [5.41, 5.74) is 12.5. The zero-order chi connectivity index (χ0) is 24.0. The minimum atomic E-state index is -4.58. The van der Waals surface area contributed by atoms with Crippen molar-refractivity contribution in [2.24, 2.45) is 33.9 Å². The molecule has 1 spiro atoms. The van der Waals surface area contributed by atoms with Gasteiger partial charge in [0.15, 0.2) is 0 Å². The fraction of sp³-hybridized carbons (Fsp3) is 0.667. The van der Waals surface area contributed by atoms with Gasteiger partial charge in [0.2, 0.25) is 0 Å². The number of likely N-dealkylation sites (tertiary alicyclic amines) is 1. The molecule has 4 rings (SSSR count). The fourth-order valence-electron chi connectivity index (χ4n) is 5.73. The van der Waals surface area contributed by atoms with Crippen LogP contribution in [0.2, 0.25) is 0 Å². The van der Waals surface area contributed by atoms with Crippen molar-refractivity contribution in [2.45, 2.75) is 45.3 Å². The number of ether oxygens (including phenoxy) is 1. The van der Waals surface area contributed by atoms with Crippen LogP contribution in [0.15, 0.2) is 23.3 Å². The van der Waals surface area contributed by atoms with Gasteiger partial charge in [0.05, 0.1) is 12.2 Å². The van der Waals surface area contributed by atoms with E-state index >= 15 is 0 Å². The van der Waals surface area contributed by atoms with Crippen molar-refractivity contribution in [1.29, 1.82) is 0 Å². The minimum Gasteiger partial charge on any atom is -0.398 e. The molecule has 33 heavy (non-hydrogen) atoms. The summed E-state index contributed by atoms with van der Waals surface area (Å²) in [5.74, 6) is 0.947. The first-order valence-electron chi connectivity index (χ1n) is 11.7. The lowest BCUT2D eigenvalue weighted by molar-refractivity contribution is -0.137. The predicted octanol–water partition coefficient (Wildman–Crippen LogP) is 3.83. The summed E-state index contributed by atoms with van der Waals surface area (Å²) in [6, 6.07) is 1.10. The largest absolute Gasteiger partial charge is 0.419 e. The highest BCUT2D eigenvalue weighted by Gasteiger charge is 2.65. The lowest BCUT2D eigenvalue weighted by atomic mass is 9.74. The zero-order valence-electron chi connectivity index (χ0n) is 19.5. The molecule has 0 amide bonds. The fourth-order valence-corrected chi connectivity index (χ4v) is 5.73. The summed E-state index contributed by atoms with van der Waals surface area (Å²) < 4.78 is 45.0. The monoisotopic (exact) mass is 465 g/mol. The van der Waals surface area contributed by atoms with E-state index in [-0.39, 0.29) is 17.3 Å². The van der Waals surface area contributed by atoms with Crippen LogP contribution in [0.25, 0.3) is 5.70 Å². The number of aromatic nitrogens is 1. The molecule has 3 fully saturated rings. The Morgan fingerprint density at radius 1 is 1.36 bits per heavy atom. The summed E-state index contributed by atoms with van der Waals surface area (Å²) in [4.78, 5) is 11.1. The van der Waals surface area contributed by atoms with Crippen LogP contribution in [0.4, 0.5) is 19.0 Å². The van der Waals surface area contributed by atoms with Crippen LogP contribution in [0.5, 0.6) is 0 Å². The highest BCUT2D eigenvalue weighted by molar-refractivity contribution is 6.04. The molecule has 3 atom stereocenters. The summed E-state index contributed by atoms with van der Waals surface area (Å²) in [7, 11) is 1.73. The molecule has 0 aromatic carbocycles. The molecule has 1 aromatic heterocycles. The molecule has 3 aliphatic rings. The summed E-state index contributed by atoms with van der Waals surface area (Å²) in [5, 5.41) is 0. The lowest BCUT2D eigenvalue weighted by Crippen LogP contribution is -2.56. The minimum absolute atomic E-state index is 0.128. The maximum Gasteiger partial charge on any atom is 0.419 e. The normalized spacial score (nSPS) is 28.0. The first-order valence-corrected chi connectivity index (χ1v) is 11.7. The molecule has 182 valence electrons. The topological polar surface area (TPSA) is 89.8 Å². The van der Waals surface area contributed by atoms with Crippen LogP contribution in [0.3, 0.4) is 0 Å². The van der Waals surface area contributed by atoms with E-state index in [1.165, 1.54) is 19.0 Å². The molecule has 0 radical (unpaired) electrons. The number of hydrogen-bond acceptors (Lipinski definition) is 6. The number of methoxy groups -OCH3 is 1. The molecule has 0 bridgehead atoms. The Balaban J connectivity index is 1.49. The maximum atomic E-state index is 13.3. The molecule has 6 nitrogen and oxygen atoms in total. The van der Waals surface area contributed by atoms with Crippen LogP contribution < -0.4 is 11.5 Å². The number of nitrogens with two attached hydrogens (primary N) is 2. The molecular weight excluding hydrogens is 431 g/mol. The van der Waals surface area contributed by atoms with Crippen molar-refractivity contribution in [3.8, 4) is 0 Å². The van der Waals surface area contributed by atoms with E-state index in [0.717, 1.165) is 44.4 Å². The van der Waals surface area contributed by atoms with Gasteiger partial charge in [0.25, 0.3) is 0 Å². The molecule has 4 N–H and O–H groups in total. The molecule has 1 aromatic rings. The second kappa shape index (κ2) is 8.91. The number of nitrogen functional groups attached to an aromatic ring is 1. The SMILES string of the molecule is CCC(C)N=C(C=C(N)c1cnc(N)c(C(F)(F)F)c1)C1C2CC3(CC21)CN(CCOC)C3. The van der Waals surface area contributed by atoms with E-state index in [4.69, 9.17) is 21.2 Å². The molecule has 9 heteroatoms.